The number of thiophene rings is 2. The fourth-order valence-corrected chi connectivity index (χ4v) is 3.36. The van der Waals surface area contributed by atoms with E-state index in [1.807, 2.05) is 13.0 Å². The molecule has 0 saturated heterocycles. The van der Waals surface area contributed by atoms with Crippen LogP contribution in [0, 0.1) is 0 Å². The van der Waals surface area contributed by atoms with Gasteiger partial charge in [0.25, 0.3) is 0 Å². The Bertz CT molecular complexity index is 517. The van der Waals surface area contributed by atoms with Crippen LogP contribution in [-0.2, 0) is 6.42 Å². The van der Waals surface area contributed by atoms with Gasteiger partial charge in [-0.2, -0.15) is 0 Å². The first-order chi connectivity index (χ1) is 8.70. The van der Waals surface area contributed by atoms with Crippen LogP contribution in [0.15, 0.2) is 23.6 Å². The van der Waals surface area contributed by atoms with Gasteiger partial charge in [0.15, 0.2) is 5.78 Å². The summed E-state index contributed by atoms with van der Waals surface area (Å²) in [6, 6.07) is 6.03. The van der Waals surface area contributed by atoms with Gasteiger partial charge in [0.05, 0.1) is 15.6 Å². The summed E-state index contributed by atoms with van der Waals surface area (Å²) in [6.45, 7) is 2.71. The number of rotatable bonds is 6. The molecular formula is C13H16N2OS2. The minimum atomic E-state index is 0.115. The van der Waals surface area contributed by atoms with Crippen LogP contribution in [0.3, 0.4) is 0 Å². The van der Waals surface area contributed by atoms with Crippen molar-refractivity contribution in [3.05, 3.63) is 33.3 Å². The highest BCUT2D eigenvalue weighted by atomic mass is 32.1. The number of hydrogen-bond donors (Lipinski definition) is 2. The van der Waals surface area contributed by atoms with Crippen LogP contribution >= 0.6 is 22.7 Å². The summed E-state index contributed by atoms with van der Waals surface area (Å²) in [6.07, 6.45) is 1.49. The number of ketones is 1. The number of nitrogen functional groups attached to an aromatic ring is 1. The third-order valence-corrected chi connectivity index (χ3v) is 4.67. The van der Waals surface area contributed by atoms with E-state index < -0.39 is 0 Å². The molecule has 0 bridgehead atoms. The van der Waals surface area contributed by atoms with Crippen LogP contribution in [0.2, 0.25) is 0 Å². The highest BCUT2D eigenvalue weighted by molar-refractivity contribution is 7.18. The van der Waals surface area contributed by atoms with Gasteiger partial charge in [-0.1, -0.05) is 13.0 Å². The molecule has 3 N–H and O–H groups in total. The van der Waals surface area contributed by atoms with Gasteiger partial charge in [-0.05, 0) is 23.9 Å². The van der Waals surface area contributed by atoms with Crippen LogP contribution in [-0.4, -0.2) is 12.3 Å². The smallest absolute Gasteiger partial charge is 0.174 e. The van der Waals surface area contributed by atoms with Crippen LogP contribution < -0.4 is 11.1 Å². The number of carbonyl (C=O) groups excluding carboxylic acids is 1. The Morgan fingerprint density at radius 2 is 2.33 bits per heavy atom. The summed E-state index contributed by atoms with van der Waals surface area (Å²) >= 11 is 3.21. The number of carbonyl (C=O) groups is 1. The Kier molecular flexibility index (Phi) is 4.38. The monoisotopic (exact) mass is 280 g/mol. The normalized spacial score (nSPS) is 10.5. The average Bonchev–Trinajstić information content (AvgIpc) is 2.98. The van der Waals surface area contributed by atoms with Crippen molar-refractivity contribution < 1.29 is 4.79 Å². The molecule has 2 heterocycles. The van der Waals surface area contributed by atoms with Crippen LogP contribution in [0.1, 0.15) is 27.9 Å². The van der Waals surface area contributed by atoms with Crippen molar-refractivity contribution in [3.8, 4) is 0 Å². The summed E-state index contributed by atoms with van der Waals surface area (Å²) in [7, 11) is 0. The van der Waals surface area contributed by atoms with Crippen molar-refractivity contribution in [1.82, 2.24) is 0 Å². The maximum Gasteiger partial charge on any atom is 0.174 e. The molecule has 96 valence electrons. The van der Waals surface area contributed by atoms with Gasteiger partial charge in [0.1, 0.15) is 0 Å². The van der Waals surface area contributed by atoms with E-state index in [2.05, 4.69) is 22.8 Å². The molecular weight excluding hydrogens is 264 g/mol. The average molecular weight is 280 g/mol. The molecule has 0 spiro atoms. The lowest BCUT2D eigenvalue weighted by Crippen LogP contribution is -2.02. The van der Waals surface area contributed by atoms with Crippen LogP contribution in [0.25, 0.3) is 0 Å². The topological polar surface area (TPSA) is 55.1 Å². The molecule has 2 aromatic rings. The third-order valence-electron chi connectivity index (χ3n) is 2.59. The van der Waals surface area contributed by atoms with E-state index in [1.54, 1.807) is 11.3 Å². The van der Waals surface area contributed by atoms with Gasteiger partial charge in [-0.3, -0.25) is 4.79 Å². The molecule has 0 fully saturated rings. The second-order valence-electron chi connectivity index (χ2n) is 3.93. The van der Waals surface area contributed by atoms with Crippen molar-refractivity contribution in [2.24, 2.45) is 0 Å². The molecule has 18 heavy (non-hydrogen) atoms. The molecule has 0 aliphatic rings. The Labute approximate surface area is 115 Å². The lowest BCUT2D eigenvalue weighted by atomic mass is 10.2. The maximum absolute atomic E-state index is 11.6. The molecule has 5 heteroatoms. The molecule has 0 aromatic carbocycles. The van der Waals surface area contributed by atoms with E-state index in [9.17, 15) is 4.79 Å². The Balaban J connectivity index is 1.92. The molecule has 0 amide bonds. The highest BCUT2D eigenvalue weighted by Crippen LogP contribution is 2.30. The molecule has 2 aromatic heterocycles. The Morgan fingerprint density at radius 1 is 1.50 bits per heavy atom. The zero-order chi connectivity index (χ0) is 13.0. The van der Waals surface area contributed by atoms with E-state index >= 15 is 0 Å². The van der Waals surface area contributed by atoms with E-state index in [4.69, 9.17) is 5.73 Å². The summed E-state index contributed by atoms with van der Waals surface area (Å²) < 4.78 is 0. The van der Waals surface area contributed by atoms with Crippen molar-refractivity contribution in [1.29, 1.82) is 0 Å². The number of anilines is 2. The highest BCUT2D eigenvalue weighted by Gasteiger charge is 2.12. The fraction of sp³-hybridized carbons (Fsp3) is 0.308. The SMILES string of the molecule is CCC(=O)c1sc(NCCc2cccs2)cc1N. The number of nitrogens with one attached hydrogen (secondary N) is 1. The second-order valence-corrected chi connectivity index (χ2v) is 6.01. The van der Waals surface area contributed by atoms with E-state index in [-0.39, 0.29) is 5.78 Å². The lowest BCUT2D eigenvalue weighted by Gasteiger charge is -2.01. The summed E-state index contributed by atoms with van der Waals surface area (Å²) in [5.41, 5.74) is 6.42. The predicted molar refractivity (Wildman–Crippen MR) is 79.9 cm³/mol. The van der Waals surface area contributed by atoms with Gasteiger partial charge >= 0.3 is 0 Å². The first kappa shape index (κ1) is 13.1. The number of hydrogen-bond acceptors (Lipinski definition) is 5. The van der Waals surface area contributed by atoms with Crippen molar-refractivity contribution in [2.45, 2.75) is 19.8 Å². The van der Waals surface area contributed by atoms with Gasteiger partial charge in [0, 0.05) is 17.8 Å². The van der Waals surface area contributed by atoms with Crippen LogP contribution in [0.4, 0.5) is 10.7 Å². The predicted octanol–water partition coefficient (Wildman–Crippen LogP) is 3.64. The summed E-state index contributed by atoms with van der Waals surface area (Å²) in [5.74, 6) is 0.115. The van der Waals surface area contributed by atoms with E-state index in [0.717, 1.165) is 18.0 Å². The number of nitrogens with two attached hydrogens (primary N) is 1. The zero-order valence-electron chi connectivity index (χ0n) is 10.2. The molecule has 0 unspecified atom stereocenters. The minimum absolute atomic E-state index is 0.115. The lowest BCUT2D eigenvalue weighted by molar-refractivity contribution is 0.0993. The Hall–Kier alpha value is -1.33. The van der Waals surface area contributed by atoms with Crippen molar-refractivity contribution in [2.75, 3.05) is 17.6 Å². The maximum atomic E-state index is 11.6. The van der Waals surface area contributed by atoms with Gasteiger partial charge in [0.2, 0.25) is 0 Å². The van der Waals surface area contributed by atoms with Gasteiger partial charge < -0.3 is 11.1 Å². The molecule has 0 saturated carbocycles. The first-order valence-electron chi connectivity index (χ1n) is 5.89. The number of Topliss-reactive ketones (excluding diaryl/α,β-unsaturated/α-hetero) is 1. The Morgan fingerprint density at radius 3 is 3.00 bits per heavy atom. The fourth-order valence-electron chi connectivity index (χ4n) is 1.63. The summed E-state index contributed by atoms with van der Waals surface area (Å²) in [5, 5.41) is 6.37. The van der Waals surface area contributed by atoms with Gasteiger partial charge in [-0.15, -0.1) is 22.7 Å². The second kappa shape index (κ2) is 6.02. The van der Waals surface area contributed by atoms with E-state index in [0.29, 0.717) is 17.0 Å². The van der Waals surface area contributed by atoms with Crippen molar-refractivity contribution >= 4 is 39.1 Å². The standard InChI is InChI=1S/C13H16N2OS2/c1-2-11(16)13-10(14)8-12(18-13)15-6-5-9-4-3-7-17-9/h3-4,7-8,15H,2,5-6,14H2,1H3. The largest absolute Gasteiger partial charge is 0.397 e. The van der Waals surface area contributed by atoms with Gasteiger partial charge in [-0.25, -0.2) is 0 Å². The molecule has 0 radical (unpaired) electrons. The van der Waals surface area contributed by atoms with E-state index in [1.165, 1.54) is 16.2 Å². The summed E-state index contributed by atoms with van der Waals surface area (Å²) in [4.78, 5) is 13.6. The van der Waals surface area contributed by atoms with Crippen molar-refractivity contribution in [3.63, 3.8) is 0 Å². The first-order valence-corrected chi connectivity index (χ1v) is 7.59. The third kappa shape index (κ3) is 3.11. The molecule has 2 rings (SSSR count). The van der Waals surface area contributed by atoms with Crippen LogP contribution in [0.5, 0.6) is 0 Å². The molecule has 0 aliphatic carbocycles. The molecule has 0 aliphatic heterocycles. The molecule has 0 atom stereocenters. The zero-order valence-corrected chi connectivity index (χ0v) is 11.9. The minimum Gasteiger partial charge on any atom is -0.397 e. The quantitative estimate of drug-likeness (QED) is 0.794. The molecule has 3 nitrogen and oxygen atoms in total.